The maximum Gasteiger partial charge on any atom is 0.573 e. The molecule has 1 aliphatic heterocycles. The average molecular weight is 413 g/mol. The van der Waals surface area contributed by atoms with Gasteiger partial charge in [-0.25, -0.2) is 0 Å². The van der Waals surface area contributed by atoms with Gasteiger partial charge in [0.2, 0.25) is 0 Å². The Morgan fingerprint density at radius 2 is 1.86 bits per heavy atom. The second-order valence-corrected chi connectivity index (χ2v) is 7.10. The quantitative estimate of drug-likeness (QED) is 0.723. The van der Waals surface area contributed by atoms with Crippen molar-refractivity contribution >= 4 is 17.7 Å². The maximum atomic E-state index is 12.9. The Bertz CT molecular complexity index is 859. The van der Waals surface area contributed by atoms with Crippen LogP contribution in [-0.4, -0.2) is 43.7 Å². The van der Waals surface area contributed by atoms with Gasteiger partial charge in [-0.1, -0.05) is 12.1 Å². The second-order valence-electron chi connectivity index (χ2n) is 5.91. The third-order valence-corrected chi connectivity index (χ3v) is 5.42. The number of amides is 1. The molecule has 150 valence electrons. The van der Waals surface area contributed by atoms with Gasteiger partial charge in [-0.15, -0.1) is 24.9 Å². The van der Waals surface area contributed by atoms with E-state index in [2.05, 4.69) is 4.74 Å². The fraction of sp³-hybridized carbons (Fsp3) is 0.316. The lowest BCUT2D eigenvalue weighted by molar-refractivity contribution is -0.274. The van der Waals surface area contributed by atoms with Gasteiger partial charge in [0, 0.05) is 17.9 Å². The molecule has 1 unspecified atom stereocenters. The highest BCUT2D eigenvalue weighted by molar-refractivity contribution is 7.99. The van der Waals surface area contributed by atoms with Gasteiger partial charge in [-0.3, -0.25) is 4.79 Å². The zero-order valence-electron chi connectivity index (χ0n) is 15.2. The average Bonchev–Trinajstić information content (AvgIpc) is 3.15. The Labute approximate surface area is 164 Å². The fourth-order valence-corrected chi connectivity index (χ4v) is 4.20. The minimum Gasteiger partial charge on any atom is -0.493 e. The molecule has 1 atom stereocenters. The number of carbonyl (C=O) groups excluding carboxylic acids is 1. The van der Waals surface area contributed by atoms with Gasteiger partial charge in [0.1, 0.15) is 11.1 Å². The fourth-order valence-electron chi connectivity index (χ4n) is 2.95. The number of hydrogen-bond donors (Lipinski definition) is 0. The van der Waals surface area contributed by atoms with E-state index in [1.807, 2.05) is 6.07 Å². The molecule has 0 spiro atoms. The maximum absolute atomic E-state index is 12.9. The van der Waals surface area contributed by atoms with Crippen LogP contribution in [0, 0.1) is 0 Å². The molecule has 1 fully saturated rings. The Morgan fingerprint density at radius 1 is 1.11 bits per heavy atom. The number of hydrogen-bond acceptors (Lipinski definition) is 5. The van der Waals surface area contributed by atoms with Gasteiger partial charge in [-0.05, 0) is 35.9 Å². The number of ether oxygens (including phenoxy) is 3. The summed E-state index contributed by atoms with van der Waals surface area (Å²) in [6, 6.07) is 10.5. The van der Waals surface area contributed by atoms with Gasteiger partial charge in [0.05, 0.1) is 14.2 Å². The Hall–Kier alpha value is -2.55. The third-order valence-electron chi connectivity index (χ3n) is 4.16. The van der Waals surface area contributed by atoms with Crippen molar-refractivity contribution in [3.05, 3.63) is 53.6 Å². The van der Waals surface area contributed by atoms with Crippen LogP contribution in [0.4, 0.5) is 13.2 Å². The number of nitrogens with zero attached hydrogens (tertiary/aromatic N) is 1. The number of halogens is 3. The molecule has 1 saturated heterocycles. The van der Waals surface area contributed by atoms with Crippen molar-refractivity contribution in [2.24, 2.45) is 0 Å². The molecule has 3 rings (SSSR count). The van der Waals surface area contributed by atoms with Crippen LogP contribution in [0.5, 0.6) is 17.2 Å². The van der Waals surface area contributed by atoms with Crippen LogP contribution in [0.15, 0.2) is 42.5 Å². The van der Waals surface area contributed by atoms with Crippen LogP contribution < -0.4 is 14.2 Å². The molecule has 2 aromatic rings. The summed E-state index contributed by atoms with van der Waals surface area (Å²) in [5.41, 5.74) is 0.978. The number of carbonyl (C=O) groups is 1. The number of methoxy groups -OCH3 is 2. The van der Waals surface area contributed by atoms with E-state index in [0.717, 1.165) is 17.7 Å². The van der Waals surface area contributed by atoms with Crippen molar-refractivity contribution in [1.82, 2.24) is 4.90 Å². The summed E-state index contributed by atoms with van der Waals surface area (Å²) in [7, 11) is 3.06. The minimum absolute atomic E-state index is 0.134. The Balaban J connectivity index is 1.85. The monoisotopic (exact) mass is 413 g/mol. The van der Waals surface area contributed by atoms with Crippen molar-refractivity contribution in [2.75, 3.05) is 26.5 Å². The molecule has 0 N–H and O–H groups in total. The smallest absolute Gasteiger partial charge is 0.493 e. The van der Waals surface area contributed by atoms with Gasteiger partial charge in [0.15, 0.2) is 11.5 Å². The van der Waals surface area contributed by atoms with Crippen LogP contribution in [0.2, 0.25) is 0 Å². The Morgan fingerprint density at radius 3 is 2.54 bits per heavy atom. The van der Waals surface area contributed by atoms with E-state index >= 15 is 0 Å². The minimum atomic E-state index is -4.81. The van der Waals surface area contributed by atoms with E-state index in [1.165, 1.54) is 26.4 Å². The second kappa shape index (κ2) is 8.22. The van der Waals surface area contributed by atoms with E-state index in [1.54, 1.807) is 28.8 Å². The Kier molecular flexibility index (Phi) is 5.93. The molecule has 1 heterocycles. The predicted molar refractivity (Wildman–Crippen MR) is 98.9 cm³/mol. The van der Waals surface area contributed by atoms with Crippen LogP contribution in [0.25, 0.3) is 0 Å². The predicted octanol–water partition coefficient (Wildman–Crippen LogP) is 4.49. The summed E-state index contributed by atoms with van der Waals surface area (Å²) < 4.78 is 51.8. The molecule has 0 saturated carbocycles. The van der Waals surface area contributed by atoms with E-state index < -0.39 is 12.1 Å². The number of alkyl halides is 3. The van der Waals surface area contributed by atoms with E-state index in [4.69, 9.17) is 9.47 Å². The highest BCUT2D eigenvalue weighted by Crippen LogP contribution is 2.41. The summed E-state index contributed by atoms with van der Waals surface area (Å²) >= 11 is 1.57. The first kappa shape index (κ1) is 20.2. The lowest BCUT2D eigenvalue weighted by Gasteiger charge is -2.25. The van der Waals surface area contributed by atoms with Crippen molar-refractivity contribution in [3.8, 4) is 17.2 Å². The topological polar surface area (TPSA) is 48.0 Å². The first-order chi connectivity index (χ1) is 13.3. The largest absolute Gasteiger partial charge is 0.573 e. The van der Waals surface area contributed by atoms with Crippen molar-refractivity contribution in [2.45, 2.75) is 11.7 Å². The highest BCUT2D eigenvalue weighted by atomic mass is 32.2. The van der Waals surface area contributed by atoms with E-state index in [9.17, 15) is 18.0 Å². The summed E-state index contributed by atoms with van der Waals surface area (Å²) in [5.74, 6) is 1.04. The van der Waals surface area contributed by atoms with Crippen LogP contribution in [0.1, 0.15) is 21.3 Å². The van der Waals surface area contributed by atoms with Gasteiger partial charge < -0.3 is 19.1 Å². The van der Waals surface area contributed by atoms with Gasteiger partial charge in [-0.2, -0.15) is 0 Å². The van der Waals surface area contributed by atoms with Crippen molar-refractivity contribution < 1.29 is 32.2 Å². The molecule has 0 aromatic heterocycles. The number of benzene rings is 2. The van der Waals surface area contributed by atoms with E-state index in [-0.39, 0.29) is 16.8 Å². The summed E-state index contributed by atoms with van der Waals surface area (Å²) in [6.07, 6.45) is -4.81. The third kappa shape index (κ3) is 4.46. The summed E-state index contributed by atoms with van der Waals surface area (Å²) in [5, 5.41) is -0.278. The first-order valence-electron chi connectivity index (χ1n) is 8.32. The number of rotatable bonds is 5. The molecule has 9 heteroatoms. The highest BCUT2D eigenvalue weighted by Gasteiger charge is 2.33. The summed E-state index contributed by atoms with van der Waals surface area (Å²) in [6.45, 7) is 0.479. The van der Waals surface area contributed by atoms with E-state index in [0.29, 0.717) is 23.8 Å². The lowest BCUT2D eigenvalue weighted by Crippen LogP contribution is -2.30. The van der Waals surface area contributed by atoms with Crippen molar-refractivity contribution in [1.29, 1.82) is 0 Å². The molecule has 2 aromatic carbocycles. The molecule has 28 heavy (non-hydrogen) atoms. The normalized spacial score (nSPS) is 16.8. The summed E-state index contributed by atoms with van der Waals surface area (Å²) in [4.78, 5) is 14.6. The molecular formula is C19H18F3NO4S. The molecule has 0 aliphatic carbocycles. The van der Waals surface area contributed by atoms with Crippen LogP contribution in [-0.2, 0) is 0 Å². The lowest BCUT2D eigenvalue weighted by atomic mass is 10.1. The molecular weight excluding hydrogens is 395 g/mol. The number of thioether (sulfide) groups is 1. The zero-order chi connectivity index (χ0) is 20.3. The zero-order valence-corrected chi connectivity index (χ0v) is 16.0. The van der Waals surface area contributed by atoms with Crippen LogP contribution >= 0.6 is 11.8 Å². The van der Waals surface area contributed by atoms with Gasteiger partial charge >= 0.3 is 6.36 Å². The molecule has 1 amide bonds. The molecule has 5 nitrogen and oxygen atoms in total. The van der Waals surface area contributed by atoms with Gasteiger partial charge in [0.25, 0.3) is 5.91 Å². The molecule has 0 radical (unpaired) electrons. The first-order valence-corrected chi connectivity index (χ1v) is 9.37. The molecule has 1 aliphatic rings. The standard InChI is InChI=1S/C19H18F3NO4S/c1-25-15-7-6-13(11-16(15)26-2)18-23(8-9-28-18)17(24)12-4-3-5-14(10-12)27-19(20,21)22/h3-7,10-11,18H,8-9H2,1-2H3. The molecule has 0 bridgehead atoms. The van der Waals surface area contributed by atoms with Crippen LogP contribution in [0.3, 0.4) is 0 Å². The van der Waals surface area contributed by atoms with Crippen molar-refractivity contribution in [3.63, 3.8) is 0 Å². The SMILES string of the molecule is COc1ccc(C2SCCN2C(=O)c2cccc(OC(F)(F)F)c2)cc1OC.